The lowest BCUT2D eigenvalue weighted by Gasteiger charge is -2.15. The van der Waals surface area contributed by atoms with Crippen LogP contribution < -0.4 is 18.9 Å². The minimum absolute atomic E-state index is 0.0270. The van der Waals surface area contributed by atoms with Gasteiger partial charge in [0, 0.05) is 40.5 Å². The highest BCUT2D eigenvalue weighted by molar-refractivity contribution is 7.88. The second kappa shape index (κ2) is 8.17. The van der Waals surface area contributed by atoms with Gasteiger partial charge >= 0.3 is 5.97 Å². The Morgan fingerprint density at radius 1 is 1.20 bits per heavy atom. The van der Waals surface area contributed by atoms with Gasteiger partial charge in [-0.15, -0.1) is 0 Å². The van der Waals surface area contributed by atoms with Gasteiger partial charge in [0.15, 0.2) is 11.5 Å². The van der Waals surface area contributed by atoms with Gasteiger partial charge in [-0.25, -0.2) is 17.9 Å². The maximum atomic E-state index is 12.7. The summed E-state index contributed by atoms with van der Waals surface area (Å²) in [7, 11) is -3.43. The van der Waals surface area contributed by atoms with E-state index in [1.54, 1.807) is 36.4 Å². The molecular formula is C20H19ClN2O6S. The number of rotatable bonds is 5. The van der Waals surface area contributed by atoms with Crippen molar-refractivity contribution in [3.8, 4) is 17.2 Å². The fraction of sp³-hybridized carbons (Fsp3) is 0.250. The van der Waals surface area contributed by atoms with E-state index >= 15 is 0 Å². The molecule has 4 rings (SSSR count). The van der Waals surface area contributed by atoms with Crippen molar-refractivity contribution in [2.24, 2.45) is 0 Å². The average molecular weight is 451 g/mol. The number of aromatic amines is 1. The molecule has 0 saturated carbocycles. The number of benzene rings is 2. The second-order valence-electron chi connectivity index (χ2n) is 6.86. The first kappa shape index (κ1) is 20.5. The van der Waals surface area contributed by atoms with Crippen LogP contribution in [0.5, 0.6) is 17.2 Å². The van der Waals surface area contributed by atoms with Crippen molar-refractivity contribution in [1.82, 2.24) is 9.71 Å². The largest absolute Gasteiger partial charge is 0.489 e. The van der Waals surface area contributed by atoms with Crippen molar-refractivity contribution in [3.63, 3.8) is 0 Å². The number of halogens is 1. The predicted molar refractivity (Wildman–Crippen MR) is 112 cm³/mol. The van der Waals surface area contributed by atoms with Crippen LogP contribution >= 0.6 is 11.6 Å². The number of ether oxygens (including phenoxy) is 3. The molecular weight excluding hydrogens is 432 g/mol. The van der Waals surface area contributed by atoms with Crippen molar-refractivity contribution in [2.75, 3.05) is 19.5 Å². The zero-order valence-corrected chi connectivity index (χ0v) is 17.6. The fourth-order valence-electron chi connectivity index (χ4n) is 3.09. The van der Waals surface area contributed by atoms with Crippen LogP contribution in [0.4, 0.5) is 0 Å². The number of sulfonamides is 1. The minimum atomic E-state index is -3.43. The van der Waals surface area contributed by atoms with E-state index in [-0.39, 0.29) is 18.0 Å². The summed E-state index contributed by atoms with van der Waals surface area (Å²) in [4.78, 5) is 15.7. The number of aromatic nitrogens is 1. The Kier molecular flexibility index (Phi) is 5.59. The van der Waals surface area contributed by atoms with E-state index in [0.29, 0.717) is 41.7 Å². The normalized spacial score (nSPS) is 13.8. The molecule has 1 aromatic heterocycles. The highest BCUT2D eigenvalue weighted by Gasteiger charge is 2.20. The first-order chi connectivity index (χ1) is 14.3. The lowest BCUT2D eigenvalue weighted by molar-refractivity contribution is 0.0729. The van der Waals surface area contributed by atoms with Crippen LogP contribution in [0.1, 0.15) is 22.5 Å². The smallest absolute Gasteiger partial charge is 0.360 e. The van der Waals surface area contributed by atoms with Gasteiger partial charge in [0.2, 0.25) is 10.0 Å². The van der Waals surface area contributed by atoms with Gasteiger partial charge in [-0.3, -0.25) is 0 Å². The molecule has 2 aromatic carbocycles. The molecule has 0 saturated heterocycles. The number of H-pyrrole nitrogens is 1. The van der Waals surface area contributed by atoms with Crippen molar-refractivity contribution in [1.29, 1.82) is 0 Å². The minimum Gasteiger partial charge on any atom is -0.489 e. The van der Waals surface area contributed by atoms with Crippen LogP contribution in [0.3, 0.4) is 0 Å². The van der Waals surface area contributed by atoms with Gasteiger partial charge < -0.3 is 19.2 Å². The fourth-order valence-corrected chi connectivity index (χ4v) is 3.69. The summed E-state index contributed by atoms with van der Waals surface area (Å²) in [6.45, 7) is 0.850. The maximum absolute atomic E-state index is 12.7. The van der Waals surface area contributed by atoms with E-state index < -0.39 is 16.0 Å². The lowest BCUT2D eigenvalue weighted by atomic mass is 10.1. The predicted octanol–water partition coefficient (Wildman–Crippen LogP) is 3.25. The van der Waals surface area contributed by atoms with E-state index in [1.165, 1.54) is 0 Å². The number of hydrogen-bond acceptors (Lipinski definition) is 6. The Morgan fingerprint density at radius 3 is 2.80 bits per heavy atom. The Hall–Kier alpha value is -2.75. The molecule has 0 fully saturated rings. The summed E-state index contributed by atoms with van der Waals surface area (Å²) < 4.78 is 42.4. The Balaban J connectivity index is 1.63. The Morgan fingerprint density at radius 2 is 2.00 bits per heavy atom. The first-order valence-electron chi connectivity index (χ1n) is 9.16. The molecule has 2 heterocycles. The Labute approximate surface area is 178 Å². The van der Waals surface area contributed by atoms with Crippen molar-refractivity contribution < 1.29 is 27.4 Å². The van der Waals surface area contributed by atoms with Gasteiger partial charge in [-0.2, -0.15) is 0 Å². The van der Waals surface area contributed by atoms with Gasteiger partial charge in [-0.1, -0.05) is 11.6 Å². The summed E-state index contributed by atoms with van der Waals surface area (Å²) >= 11 is 5.99. The molecule has 0 atom stereocenters. The summed E-state index contributed by atoms with van der Waals surface area (Å²) in [5.41, 5.74) is 1.52. The summed E-state index contributed by atoms with van der Waals surface area (Å²) in [5.74, 6) is 0.445. The van der Waals surface area contributed by atoms with Crippen LogP contribution in [0.15, 0.2) is 36.4 Å². The standard InChI is InChI=1S/C20H19ClN2O6S/c1-30(25,26)22-11-13-8-15(10-18-19(13)28-6-2-5-27-18)29-20(24)17-9-12-7-14(21)3-4-16(12)23-17/h3-4,7-10,22-23H,2,5-6,11H2,1H3. The van der Waals surface area contributed by atoms with Gasteiger partial charge in [-0.05, 0) is 30.3 Å². The molecule has 1 aliphatic rings. The van der Waals surface area contributed by atoms with E-state index in [2.05, 4.69) is 9.71 Å². The third-order valence-corrected chi connectivity index (χ3v) is 5.34. The number of nitrogens with one attached hydrogen (secondary N) is 2. The van der Waals surface area contributed by atoms with Crippen molar-refractivity contribution >= 4 is 38.5 Å². The molecule has 0 spiro atoms. The van der Waals surface area contributed by atoms with Crippen LogP contribution in [0.25, 0.3) is 10.9 Å². The highest BCUT2D eigenvalue weighted by atomic mass is 35.5. The van der Waals surface area contributed by atoms with Gasteiger partial charge in [0.25, 0.3) is 0 Å². The van der Waals surface area contributed by atoms with Crippen molar-refractivity contribution in [3.05, 3.63) is 52.7 Å². The summed E-state index contributed by atoms with van der Waals surface area (Å²) in [6, 6.07) is 10.0. The lowest BCUT2D eigenvalue weighted by Crippen LogP contribution is -2.21. The summed E-state index contributed by atoms with van der Waals surface area (Å²) in [6.07, 6.45) is 1.75. The first-order valence-corrected chi connectivity index (χ1v) is 11.4. The third-order valence-electron chi connectivity index (χ3n) is 4.44. The Bertz CT molecular complexity index is 1220. The van der Waals surface area contributed by atoms with Gasteiger partial charge in [0.1, 0.15) is 11.4 Å². The molecule has 0 unspecified atom stereocenters. The quantitative estimate of drug-likeness (QED) is 0.456. The monoisotopic (exact) mass is 450 g/mol. The SMILES string of the molecule is CS(=O)(=O)NCc1cc(OC(=O)c2cc3cc(Cl)ccc3[nH]2)cc2c1OCCCO2. The second-order valence-corrected chi connectivity index (χ2v) is 9.13. The molecule has 3 aromatic rings. The molecule has 0 radical (unpaired) electrons. The van der Waals surface area contributed by atoms with Gasteiger partial charge in [0.05, 0.1) is 19.5 Å². The molecule has 30 heavy (non-hydrogen) atoms. The van der Waals surface area contributed by atoms with Crippen LogP contribution in [0, 0.1) is 0 Å². The number of fused-ring (bicyclic) bond motifs is 2. The zero-order chi connectivity index (χ0) is 21.3. The molecule has 10 heteroatoms. The third kappa shape index (κ3) is 4.69. The number of hydrogen-bond donors (Lipinski definition) is 2. The zero-order valence-electron chi connectivity index (χ0n) is 16.0. The number of carbonyl (C=O) groups is 1. The molecule has 158 valence electrons. The highest BCUT2D eigenvalue weighted by Crippen LogP contribution is 2.38. The molecule has 0 amide bonds. The van der Waals surface area contributed by atoms with E-state index in [4.69, 9.17) is 25.8 Å². The van der Waals surface area contributed by atoms with Crippen LogP contribution in [0.2, 0.25) is 5.02 Å². The molecule has 2 N–H and O–H groups in total. The summed E-state index contributed by atoms with van der Waals surface area (Å²) in [5, 5.41) is 1.35. The van der Waals surface area contributed by atoms with E-state index in [9.17, 15) is 13.2 Å². The van der Waals surface area contributed by atoms with Crippen LogP contribution in [-0.4, -0.2) is 38.8 Å². The van der Waals surface area contributed by atoms with E-state index in [0.717, 1.165) is 17.2 Å². The van der Waals surface area contributed by atoms with Crippen molar-refractivity contribution in [2.45, 2.75) is 13.0 Å². The van der Waals surface area contributed by atoms with E-state index in [1.807, 2.05) is 0 Å². The molecule has 1 aliphatic heterocycles. The average Bonchev–Trinajstić information content (AvgIpc) is 2.95. The van der Waals surface area contributed by atoms with Crippen LogP contribution in [-0.2, 0) is 16.6 Å². The maximum Gasteiger partial charge on any atom is 0.360 e. The number of esters is 1. The topological polar surface area (TPSA) is 107 Å². The molecule has 0 aliphatic carbocycles. The molecule has 0 bridgehead atoms. The number of carbonyl (C=O) groups excluding carboxylic acids is 1. The molecule has 8 nitrogen and oxygen atoms in total.